The number of anilines is 2. The molecule has 0 spiro atoms. The van der Waals surface area contributed by atoms with Gasteiger partial charge in [-0.25, -0.2) is 4.79 Å². The standard InChI is InChI=1S/C18H22N4O3/c1-13(2)19-18(25)21-15-8-4-3-7-14(15)20-16(23)10-12-22-11-6-5-9-17(22)24/h3-9,11,13H,10,12H2,1-2H3,(H,20,23)(H2,19,21,25). The lowest BCUT2D eigenvalue weighted by Crippen LogP contribution is -2.34. The van der Waals surface area contributed by atoms with Crippen molar-refractivity contribution in [1.82, 2.24) is 9.88 Å². The fourth-order valence-electron chi connectivity index (χ4n) is 2.20. The van der Waals surface area contributed by atoms with E-state index in [1.165, 1.54) is 10.6 Å². The van der Waals surface area contributed by atoms with Gasteiger partial charge in [-0.05, 0) is 32.0 Å². The highest BCUT2D eigenvalue weighted by Crippen LogP contribution is 2.21. The van der Waals surface area contributed by atoms with Crippen LogP contribution < -0.4 is 21.5 Å². The van der Waals surface area contributed by atoms with Crippen LogP contribution in [-0.2, 0) is 11.3 Å². The molecule has 0 atom stereocenters. The van der Waals surface area contributed by atoms with Gasteiger partial charge in [0.25, 0.3) is 5.56 Å². The van der Waals surface area contributed by atoms with Crippen molar-refractivity contribution in [2.24, 2.45) is 0 Å². The molecule has 2 rings (SSSR count). The largest absolute Gasteiger partial charge is 0.336 e. The van der Waals surface area contributed by atoms with Gasteiger partial charge in [-0.15, -0.1) is 0 Å². The van der Waals surface area contributed by atoms with Gasteiger partial charge < -0.3 is 20.5 Å². The molecule has 0 unspecified atom stereocenters. The quantitative estimate of drug-likeness (QED) is 0.753. The van der Waals surface area contributed by atoms with Crippen LogP contribution in [0.3, 0.4) is 0 Å². The summed E-state index contributed by atoms with van der Waals surface area (Å²) in [6.07, 6.45) is 1.79. The minimum Gasteiger partial charge on any atom is -0.336 e. The molecule has 132 valence electrons. The van der Waals surface area contributed by atoms with Crippen LogP contribution >= 0.6 is 0 Å². The van der Waals surface area contributed by atoms with Crippen molar-refractivity contribution < 1.29 is 9.59 Å². The number of nitrogens with one attached hydrogen (secondary N) is 3. The molecule has 1 aromatic carbocycles. The summed E-state index contributed by atoms with van der Waals surface area (Å²) in [6, 6.07) is 11.5. The minimum atomic E-state index is -0.340. The average Bonchev–Trinajstić information content (AvgIpc) is 2.55. The molecule has 3 N–H and O–H groups in total. The van der Waals surface area contributed by atoms with Gasteiger partial charge in [0.05, 0.1) is 11.4 Å². The Labute approximate surface area is 146 Å². The first-order valence-electron chi connectivity index (χ1n) is 8.07. The van der Waals surface area contributed by atoms with E-state index < -0.39 is 0 Å². The normalized spacial score (nSPS) is 10.4. The summed E-state index contributed by atoms with van der Waals surface area (Å²) in [6.45, 7) is 4.01. The molecule has 3 amide bonds. The molecule has 0 saturated carbocycles. The second-order valence-electron chi connectivity index (χ2n) is 5.83. The highest BCUT2D eigenvalue weighted by Gasteiger charge is 2.10. The molecule has 25 heavy (non-hydrogen) atoms. The summed E-state index contributed by atoms with van der Waals surface area (Å²) in [5.74, 6) is -0.241. The number of benzene rings is 1. The lowest BCUT2D eigenvalue weighted by atomic mass is 10.2. The molecule has 0 aliphatic rings. The maximum absolute atomic E-state index is 12.2. The van der Waals surface area contributed by atoms with Crippen molar-refractivity contribution in [3.05, 3.63) is 59.0 Å². The number of nitrogens with zero attached hydrogens (tertiary/aromatic N) is 1. The van der Waals surface area contributed by atoms with Crippen molar-refractivity contribution in [2.45, 2.75) is 32.9 Å². The van der Waals surface area contributed by atoms with Crippen LogP contribution in [0.4, 0.5) is 16.2 Å². The van der Waals surface area contributed by atoms with Crippen LogP contribution in [0.2, 0.25) is 0 Å². The van der Waals surface area contributed by atoms with Crippen molar-refractivity contribution >= 4 is 23.3 Å². The van der Waals surface area contributed by atoms with Gasteiger partial charge in [-0.3, -0.25) is 9.59 Å². The number of para-hydroxylation sites is 2. The molecular formula is C18H22N4O3. The molecule has 7 nitrogen and oxygen atoms in total. The molecule has 0 radical (unpaired) electrons. The first-order chi connectivity index (χ1) is 12.0. The van der Waals surface area contributed by atoms with Crippen LogP contribution in [0.15, 0.2) is 53.5 Å². The molecule has 0 aliphatic carbocycles. The summed E-state index contributed by atoms with van der Waals surface area (Å²) in [4.78, 5) is 35.6. The number of rotatable bonds is 6. The monoisotopic (exact) mass is 342 g/mol. The highest BCUT2D eigenvalue weighted by molar-refractivity contribution is 5.99. The number of aromatic nitrogens is 1. The zero-order valence-electron chi connectivity index (χ0n) is 14.3. The summed E-state index contributed by atoms with van der Waals surface area (Å²) < 4.78 is 1.47. The van der Waals surface area contributed by atoms with E-state index in [1.807, 2.05) is 13.8 Å². The predicted octanol–water partition coefficient (Wildman–Crippen LogP) is 2.41. The third kappa shape index (κ3) is 5.80. The van der Waals surface area contributed by atoms with E-state index in [9.17, 15) is 14.4 Å². The summed E-state index contributed by atoms with van der Waals surface area (Å²) >= 11 is 0. The van der Waals surface area contributed by atoms with Gasteiger partial charge in [-0.2, -0.15) is 0 Å². The van der Waals surface area contributed by atoms with Crippen LogP contribution in [-0.4, -0.2) is 22.5 Å². The maximum Gasteiger partial charge on any atom is 0.319 e. The van der Waals surface area contributed by atoms with E-state index in [0.29, 0.717) is 11.4 Å². The van der Waals surface area contributed by atoms with Crippen molar-refractivity contribution in [3.8, 4) is 0 Å². The fraction of sp³-hybridized carbons (Fsp3) is 0.278. The number of hydrogen-bond acceptors (Lipinski definition) is 3. The van der Waals surface area contributed by atoms with Crippen LogP contribution in [0.25, 0.3) is 0 Å². The first kappa shape index (κ1) is 18.3. The van der Waals surface area contributed by atoms with E-state index in [-0.39, 0.29) is 36.5 Å². The molecule has 2 aromatic rings. The Balaban J connectivity index is 1.97. The number of carbonyl (C=O) groups is 2. The highest BCUT2D eigenvalue weighted by atomic mass is 16.2. The third-order valence-corrected chi connectivity index (χ3v) is 3.35. The first-order valence-corrected chi connectivity index (χ1v) is 8.07. The second-order valence-corrected chi connectivity index (χ2v) is 5.83. The van der Waals surface area contributed by atoms with Crippen molar-refractivity contribution in [1.29, 1.82) is 0 Å². The fourth-order valence-corrected chi connectivity index (χ4v) is 2.20. The molecule has 0 aliphatic heterocycles. The lowest BCUT2D eigenvalue weighted by molar-refractivity contribution is -0.116. The Bertz CT molecular complexity index is 799. The molecule has 7 heteroatoms. The van der Waals surface area contributed by atoms with E-state index in [2.05, 4.69) is 16.0 Å². The minimum absolute atomic E-state index is 0.00550. The summed E-state index contributed by atoms with van der Waals surface area (Å²) in [5, 5.41) is 8.20. The Morgan fingerprint density at radius 3 is 2.28 bits per heavy atom. The lowest BCUT2D eigenvalue weighted by Gasteiger charge is -2.14. The SMILES string of the molecule is CC(C)NC(=O)Nc1ccccc1NC(=O)CCn1ccccc1=O. The average molecular weight is 342 g/mol. The van der Waals surface area contributed by atoms with Crippen LogP contribution in [0, 0.1) is 0 Å². The molecular weight excluding hydrogens is 320 g/mol. The number of urea groups is 1. The molecule has 0 bridgehead atoms. The number of aryl methyl sites for hydroxylation is 1. The van der Waals surface area contributed by atoms with Gasteiger partial charge in [0.2, 0.25) is 5.91 Å². The van der Waals surface area contributed by atoms with Crippen molar-refractivity contribution in [2.75, 3.05) is 10.6 Å². The number of carbonyl (C=O) groups excluding carboxylic acids is 2. The van der Waals surface area contributed by atoms with Gasteiger partial charge in [0.1, 0.15) is 0 Å². The number of hydrogen-bond donors (Lipinski definition) is 3. The molecule has 0 saturated heterocycles. The van der Waals surface area contributed by atoms with Gasteiger partial charge in [-0.1, -0.05) is 18.2 Å². The number of amides is 3. The van der Waals surface area contributed by atoms with E-state index >= 15 is 0 Å². The molecule has 0 fully saturated rings. The summed E-state index contributed by atoms with van der Waals surface area (Å²) in [5.41, 5.74) is 0.861. The zero-order chi connectivity index (χ0) is 18.2. The smallest absolute Gasteiger partial charge is 0.319 e. The topological polar surface area (TPSA) is 92.2 Å². The van der Waals surface area contributed by atoms with Crippen LogP contribution in [0.1, 0.15) is 20.3 Å². The number of pyridine rings is 1. The van der Waals surface area contributed by atoms with E-state index in [1.54, 1.807) is 42.6 Å². The Morgan fingerprint density at radius 1 is 1.00 bits per heavy atom. The van der Waals surface area contributed by atoms with E-state index in [0.717, 1.165) is 0 Å². The van der Waals surface area contributed by atoms with Crippen LogP contribution in [0.5, 0.6) is 0 Å². The Hall–Kier alpha value is -3.09. The summed E-state index contributed by atoms with van der Waals surface area (Å²) in [7, 11) is 0. The molecule has 1 heterocycles. The van der Waals surface area contributed by atoms with Crippen molar-refractivity contribution in [3.63, 3.8) is 0 Å². The van der Waals surface area contributed by atoms with Gasteiger partial charge in [0.15, 0.2) is 0 Å². The Kier molecular flexibility index (Phi) is 6.33. The van der Waals surface area contributed by atoms with Gasteiger partial charge >= 0.3 is 6.03 Å². The maximum atomic E-state index is 12.2. The predicted molar refractivity (Wildman–Crippen MR) is 97.7 cm³/mol. The van der Waals surface area contributed by atoms with Gasteiger partial charge in [0, 0.05) is 31.3 Å². The zero-order valence-corrected chi connectivity index (χ0v) is 14.3. The van der Waals surface area contributed by atoms with E-state index in [4.69, 9.17) is 0 Å². The Morgan fingerprint density at radius 2 is 1.64 bits per heavy atom. The third-order valence-electron chi connectivity index (χ3n) is 3.35. The second kappa shape index (κ2) is 8.68. The molecule has 1 aromatic heterocycles.